The monoisotopic (exact) mass is 344 g/mol. The molecular formula is C17H23F3N2O2. The third-order valence-corrected chi connectivity index (χ3v) is 4.52. The average molecular weight is 344 g/mol. The predicted octanol–water partition coefficient (Wildman–Crippen LogP) is 2.94. The van der Waals surface area contributed by atoms with E-state index in [1.807, 2.05) is 32.9 Å². The van der Waals surface area contributed by atoms with Gasteiger partial charge in [-0.15, -0.1) is 0 Å². The van der Waals surface area contributed by atoms with Gasteiger partial charge in [0.1, 0.15) is 0 Å². The van der Waals surface area contributed by atoms with Crippen LogP contribution in [0.1, 0.15) is 29.5 Å². The summed E-state index contributed by atoms with van der Waals surface area (Å²) in [5, 5.41) is 12.5. The number of piperidine rings is 1. The number of alkyl halides is 3. The van der Waals surface area contributed by atoms with Crippen molar-refractivity contribution in [3.63, 3.8) is 0 Å². The second-order valence-electron chi connectivity index (χ2n) is 6.63. The maximum absolute atomic E-state index is 12.8. The Kier molecular flexibility index (Phi) is 5.25. The Bertz CT molecular complexity index is 598. The highest BCUT2D eigenvalue weighted by Crippen LogP contribution is 2.38. The molecule has 1 aliphatic heterocycles. The summed E-state index contributed by atoms with van der Waals surface area (Å²) in [4.78, 5) is 13.8. The van der Waals surface area contributed by atoms with Gasteiger partial charge >= 0.3 is 6.18 Å². The molecule has 0 aliphatic carbocycles. The molecule has 0 atom stereocenters. The molecule has 7 heteroatoms. The smallest absolute Gasteiger partial charge is 0.380 e. The highest BCUT2D eigenvalue weighted by atomic mass is 19.4. The second kappa shape index (κ2) is 6.72. The van der Waals surface area contributed by atoms with Crippen LogP contribution in [0.3, 0.4) is 0 Å². The van der Waals surface area contributed by atoms with Crippen molar-refractivity contribution in [1.29, 1.82) is 0 Å². The summed E-state index contributed by atoms with van der Waals surface area (Å²) in [6, 6.07) is 3.93. The van der Waals surface area contributed by atoms with E-state index in [0.29, 0.717) is 0 Å². The lowest BCUT2D eigenvalue weighted by Crippen LogP contribution is -2.54. The molecule has 24 heavy (non-hydrogen) atoms. The summed E-state index contributed by atoms with van der Waals surface area (Å²) >= 11 is 0. The molecule has 1 aromatic rings. The number of anilines is 1. The quantitative estimate of drug-likeness (QED) is 0.886. The Balaban J connectivity index is 1.93. The van der Waals surface area contributed by atoms with E-state index in [1.165, 1.54) is 0 Å². The number of likely N-dealkylation sites (tertiary alicyclic amines) is 1. The molecule has 2 N–H and O–H groups in total. The Morgan fingerprint density at radius 2 is 1.71 bits per heavy atom. The normalized spacial score (nSPS) is 18.5. The first kappa shape index (κ1) is 18.7. The zero-order valence-electron chi connectivity index (χ0n) is 14.1. The minimum Gasteiger partial charge on any atom is -0.380 e. The van der Waals surface area contributed by atoms with Crippen LogP contribution in [0, 0.1) is 20.8 Å². The number of aliphatic hydroxyl groups is 1. The molecule has 0 spiro atoms. The first-order chi connectivity index (χ1) is 11.0. The molecule has 1 amide bonds. The van der Waals surface area contributed by atoms with E-state index >= 15 is 0 Å². The predicted molar refractivity (Wildman–Crippen MR) is 86.0 cm³/mol. The van der Waals surface area contributed by atoms with Crippen LogP contribution in [0.5, 0.6) is 0 Å². The molecule has 1 aromatic carbocycles. The summed E-state index contributed by atoms with van der Waals surface area (Å²) in [6.07, 6.45) is -5.45. The number of amides is 1. The second-order valence-corrected chi connectivity index (χ2v) is 6.63. The van der Waals surface area contributed by atoms with Crippen molar-refractivity contribution in [2.75, 3.05) is 25.0 Å². The van der Waals surface area contributed by atoms with Gasteiger partial charge in [-0.2, -0.15) is 13.2 Å². The zero-order chi connectivity index (χ0) is 18.1. The fourth-order valence-corrected chi connectivity index (χ4v) is 3.12. The molecule has 2 rings (SSSR count). The molecular weight excluding hydrogens is 321 g/mol. The van der Waals surface area contributed by atoms with Crippen molar-refractivity contribution in [3.05, 3.63) is 28.8 Å². The molecule has 0 aromatic heterocycles. The maximum Gasteiger partial charge on any atom is 0.417 e. The number of aryl methyl sites for hydroxylation is 3. The Morgan fingerprint density at radius 1 is 1.21 bits per heavy atom. The number of nitrogens with zero attached hydrogens (tertiary/aromatic N) is 1. The summed E-state index contributed by atoms with van der Waals surface area (Å²) < 4.78 is 38.3. The topological polar surface area (TPSA) is 52.6 Å². The molecule has 1 saturated heterocycles. The summed E-state index contributed by atoms with van der Waals surface area (Å²) in [6.45, 7) is 5.87. The SMILES string of the molecule is Cc1cc(C)c(NC(=O)CN2CCC(O)(C(F)(F)F)CC2)c(C)c1. The van der Waals surface area contributed by atoms with Crippen molar-refractivity contribution in [2.24, 2.45) is 0 Å². The molecule has 1 heterocycles. The van der Waals surface area contributed by atoms with E-state index < -0.39 is 24.6 Å². The number of hydrogen-bond donors (Lipinski definition) is 2. The third kappa shape index (κ3) is 4.08. The van der Waals surface area contributed by atoms with E-state index in [9.17, 15) is 23.1 Å². The van der Waals surface area contributed by atoms with Crippen molar-refractivity contribution in [3.8, 4) is 0 Å². The molecule has 134 valence electrons. The van der Waals surface area contributed by atoms with Gasteiger partial charge in [-0.05, 0) is 44.7 Å². The largest absolute Gasteiger partial charge is 0.417 e. The van der Waals surface area contributed by atoms with E-state index in [1.54, 1.807) is 4.90 Å². The van der Waals surface area contributed by atoms with E-state index in [4.69, 9.17) is 0 Å². The fourth-order valence-electron chi connectivity index (χ4n) is 3.12. The van der Waals surface area contributed by atoms with Gasteiger partial charge in [0.05, 0.1) is 6.54 Å². The van der Waals surface area contributed by atoms with Crippen LogP contribution in [0.2, 0.25) is 0 Å². The number of hydrogen-bond acceptors (Lipinski definition) is 3. The van der Waals surface area contributed by atoms with Crippen LogP contribution in [0.15, 0.2) is 12.1 Å². The van der Waals surface area contributed by atoms with E-state index in [0.717, 1.165) is 22.4 Å². The van der Waals surface area contributed by atoms with Crippen LogP contribution in [0.25, 0.3) is 0 Å². The minimum absolute atomic E-state index is 0.0146. The lowest BCUT2D eigenvalue weighted by atomic mass is 9.91. The molecule has 0 saturated carbocycles. The van der Waals surface area contributed by atoms with Gasteiger partial charge in [-0.25, -0.2) is 0 Å². The standard InChI is InChI=1S/C17H23F3N2O2/c1-11-8-12(2)15(13(3)9-11)21-14(23)10-22-6-4-16(24,5-7-22)17(18,19)20/h8-9,24H,4-7,10H2,1-3H3,(H,21,23). The first-order valence-corrected chi connectivity index (χ1v) is 7.91. The minimum atomic E-state index is -4.63. The van der Waals surface area contributed by atoms with Crippen molar-refractivity contribution >= 4 is 11.6 Å². The highest BCUT2D eigenvalue weighted by Gasteiger charge is 2.54. The van der Waals surface area contributed by atoms with Gasteiger partial charge in [0.25, 0.3) is 0 Å². The van der Waals surface area contributed by atoms with Gasteiger partial charge in [-0.1, -0.05) is 17.7 Å². The van der Waals surface area contributed by atoms with Crippen LogP contribution in [-0.2, 0) is 4.79 Å². The van der Waals surface area contributed by atoms with Gasteiger partial charge in [-0.3, -0.25) is 9.69 Å². The summed E-state index contributed by atoms with van der Waals surface area (Å²) in [5.41, 5.74) is 1.11. The lowest BCUT2D eigenvalue weighted by molar-refractivity contribution is -0.272. The first-order valence-electron chi connectivity index (χ1n) is 7.91. The molecule has 4 nitrogen and oxygen atoms in total. The molecule has 0 radical (unpaired) electrons. The summed E-state index contributed by atoms with van der Waals surface area (Å²) in [5.74, 6) is -0.262. The Morgan fingerprint density at radius 3 is 2.17 bits per heavy atom. The van der Waals surface area contributed by atoms with Crippen molar-refractivity contribution in [1.82, 2.24) is 4.90 Å². The van der Waals surface area contributed by atoms with Crippen LogP contribution >= 0.6 is 0 Å². The molecule has 0 unspecified atom stereocenters. The van der Waals surface area contributed by atoms with Gasteiger partial charge in [0.2, 0.25) is 5.91 Å². The number of nitrogens with one attached hydrogen (secondary N) is 1. The molecule has 0 bridgehead atoms. The average Bonchev–Trinajstić information content (AvgIpc) is 2.44. The van der Waals surface area contributed by atoms with Crippen molar-refractivity contribution in [2.45, 2.75) is 45.4 Å². The van der Waals surface area contributed by atoms with Crippen LogP contribution in [0.4, 0.5) is 18.9 Å². The number of rotatable bonds is 3. The molecule has 1 fully saturated rings. The Labute approximate surface area is 139 Å². The molecule has 1 aliphatic rings. The van der Waals surface area contributed by atoms with Gasteiger partial charge < -0.3 is 10.4 Å². The van der Waals surface area contributed by atoms with Crippen LogP contribution in [-0.4, -0.2) is 47.3 Å². The summed E-state index contributed by atoms with van der Waals surface area (Å²) in [7, 11) is 0. The van der Waals surface area contributed by atoms with Crippen LogP contribution < -0.4 is 5.32 Å². The highest BCUT2D eigenvalue weighted by molar-refractivity contribution is 5.93. The number of carbonyl (C=O) groups excluding carboxylic acids is 1. The fraction of sp³-hybridized carbons (Fsp3) is 0.588. The Hall–Kier alpha value is -1.60. The van der Waals surface area contributed by atoms with E-state index in [-0.39, 0.29) is 25.5 Å². The number of halogens is 3. The number of carbonyl (C=O) groups is 1. The van der Waals surface area contributed by atoms with Gasteiger partial charge in [0, 0.05) is 18.8 Å². The lowest BCUT2D eigenvalue weighted by Gasteiger charge is -2.38. The zero-order valence-corrected chi connectivity index (χ0v) is 14.1. The number of benzene rings is 1. The van der Waals surface area contributed by atoms with E-state index in [2.05, 4.69) is 5.32 Å². The maximum atomic E-state index is 12.8. The van der Waals surface area contributed by atoms with Gasteiger partial charge in [0.15, 0.2) is 5.60 Å². The van der Waals surface area contributed by atoms with Crippen molar-refractivity contribution < 1.29 is 23.1 Å². The third-order valence-electron chi connectivity index (χ3n) is 4.52.